The molecule has 4 heterocycles. The molecule has 2 atom stereocenters. The third kappa shape index (κ3) is 6.56. The van der Waals surface area contributed by atoms with E-state index in [-0.39, 0.29) is 30.2 Å². The molecule has 3 amide bonds. The minimum atomic E-state index is -0.427. The Labute approximate surface area is 245 Å². The number of pyridine rings is 1. The van der Waals surface area contributed by atoms with Crippen molar-refractivity contribution in [2.75, 3.05) is 46.4 Å². The molecule has 2 aliphatic heterocycles. The number of aromatic nitrogens is 2. The Kier molecular flexibility index (Phi) is 9.04. The predicted molar refractivity (Wildman–Crippen MR) is 153 cm³/mol. The first-order valence-corrected chi connectivity index (χ1v) is 14.3. The van der Waals surface area contributed by atoms with Crippen LogP contribution in [0.4, 0.5) is 0 Å². The molecule has 1 aromatic carbocycles. The highest BCUT2D eigenvalue weighted by Crippen LogP contribution is 2.35. The lowest BCUT2D eigenvalue weighted by atomic mass is 9.88. The van der Waals surface area contributed by atoms with Gasteiger partial charge in [0.15, 0.2) is 0 Å². The number of carbonyl (C=O) groups is 3. The number of carbonyl (C=O) groups excluding carboxylic acids is 3. The van der Waals surface area contributed by atoms with Gasteiger partial charge in [0, 0.05) is 61.9 Å². The van der Waals surface area contributed by atoms with Gasteiger partial charge < -0.3 is 29.1 Å². The summed E-state index contributed by atoms with van der Waals surface area (Å²) < 4.78 is 16.5. The van der Waals surface area contributed by atoms with Crippen LogP contribution in [-0.4, -0.2) is 84.1 Å². The number of ether oxygens (including phenoxy) is 2. The molecule has 222 valence electrons. The van der Waals surface area contributed by atoms with Crippen molar-refractivity contribution >= 4 is 17.7 Å². The molecule has 11 nitrogen and oxygen atoms in total. The van der Waals surface area contributed by atoms with E-state index < -0.39 is 5.92 Å². The fourth-order valence-electron chi connectivity index (χ4n) is 5.74. The molecule has 0 saturated carbocycles. The van der Waals surface area contributed by atoms with Crippen LogP contribution in [0.15, 0.2) is 47.1 Å². The normalized spacial score (nSPS) is 19.4. The first-order valence-electron chi connectivity index (χ1n) is 14.3. The lowest BCUT2D eigenvalue weighted by Crippen LogP contribution is -2.39. The highest BCUT2D eigenvalue weighted by Gasteiger charge is 2.40. The largest absolute Gasteiger partial charge is 0.492 e. The summed E-state index contributed by atoms with van der Waals surface area (Å²) in [5, 5.41) is 7.05. The van der Waals surface area contributed by atoms with Crippen molar-refractivity contribution in [2.45, 2.75) is 39.0 Å². The number of nitrogens with one attached hydrogen (secondary N) is 1. The molecule has 0 unspecified atom stereocenters. The quantitative estimate of drug-likeness (QED) is 0.492. The molecule has 42 heavy (non-hydrogen) atoms. The lowest BCUT2D eigenvalue weighted by molar-refractivity contribution is -0.131. The number of likely N-dealkylation sites (tertiary alicyclic amines) is 1. The molecular formula is C31H37N5O6. The van der Waals surface area contributed by atoms with Crippen LogP contribution in [-0.2, 0) is 16.0 Å². The Bertz CT molecular complexity index is 1420. The van der Waals surface area contributed by atoms with Crippen LogP contribution in [0.25, 0.3) is 0 Å². The van der Waals surface area contributed by atoms with Gasteiger partial charge in [0.1, 0.15) is 18.1 Å². The minimum absolute atomic E-state index is 0.0172. The van der Waals surface area contributed by atoms with Gasteiger partial charge in [-0.1, -0.05) is 17.3 Å². The first kappa shape index (κ1) is 29.1. The fraction of sp³-hybridized carbons (Fsp3) is 0.452. The standard InChI is InChI=1S/C31H37N5O6/c1-20-25(21(2)42-34-20)8-9-29(37)35-13-5-11-33-30(38)27-19-36(31(39)23-10-12-32-28(17-23)40-3)18-26(27)22-6-4-7-24(16-22)41-15-14-35/h4,6-7,10,12,16-17,26-27H,5,8-9,11,13-15,18-19H2,1-3H3,(H,33,38)/t26-,27+/m1/s1. The highest BCUT2D eigenvalue weighted by molar-refractivity contribution is 5.95. The molecule has 2 aromatic heterocycles. The van der Waals surface area contributed by atoms with Crippen LogP contribution in [0.1, 0.15) is 51.7 Å². The maximum Gasteiger partial charge on any atom is 0.254 e. The van der Waals surface area contributed by atoms with E-state index in [0.29, 0.717) is 69.2 Å². The molecule has 0 spiro atoms. The van der Waals surface area contributed by atoms with Crippen LogP contribution in [0, 0.1) is 19.8 Å². The average molecular weight is 576 g/mol. The summed E-state index contributed by atoms with van der Waals surface area (Å²) >= 11 is 0. The molecule has 1 N–H and O–H groups in total. The summed E-state index contributed by atoms with van der Waals surface area (Å²) in [6.45, 7) is 6.11. The average Bonchev–Trinajstić information content (AvgIpc) is 3.59. The maximum absolute atomic E-state index is 13.5. The number of nitrogens with zero attached hydrogens (tertiary/aromatic N) is 4. The summed E-state index contributed by atoms with van der Waals surface area (Å²) in [7, 11) is 1.50. The minimum Gasteiger partial charge on any atom is -0.492 e. The van der Waals surface area contributed by atoms with Crippen LogP contribution in [0.2, 0.25) is 0 Å². The maximum atomic E-state index is 13.5. The monoisotopic (exact) mass is 575 g/mol. The van der Waals surface area contributed by atoms with E-state index in [4.69, 9.17) is 14.0 Å². The Hall–Kier alpha value is -4.41. The van der Waals surface area contributed by atoms with Gasteiger partial charge in [0.25, 0.3) is 5.91 Å². The number of rotatable bonds is 5. The van der Waals surface area contributed by atoms with E-state index in [9.17, 15) is 14.4 Å². The summed E-state index contributed by atoms with van der Waals surface area (Å²) in [5.74, 6) is 0.874. The summed E-state index contributed by atoms with van der Waals surface area (Å²) in [6.07, 6.45) is 3.03. The fourth-order valence-corrected chi connectivity index (χ4v) is 5.74. The molecule has 0 radical (unpaired) electrons. The highest BCUT2D eigenvalue weighted by atomic mass is 16.5. The van der Waals surface area contributed by atoms with E-state index in [1.165, 1.54) is 13.3 Å². The second-order valence-electron chi connectivity index (χ2n) is 10.8. The number of methoxy groups -OCH3 is 1. The molecule has 0 aliphatic carbocycles. The SMILES string of the molecule is COc1cc(C(=O)N2C[C@@H]3C(=O)NCCCN(C(=O)CCc4c(C)noc4C)CCOc4cccc(c4)[C@H]3C2)ccn1. The van der Waals surface area contributed by atoms with E-state index in [2.05, 4.69) is 15.5 Å². The lowest BCUT2D eigenvalue weighted by Gasteiger charge is -2.24. The number of amides is 3. The van der Waals surface area contributed by atoms with Crippen LogP contribution < -0.4 is 14.8 Å². The first-order chi connectivity index (χ1) is 20.3. The van der Waals surface area contributed by atoms with Gasteiger partial charge in [0.05, 0.1) is 25.3 Å². The molecule has 11 heteroatoms. The number of fused-ring (bicyclic) bond motifs is 4. The van der Waals surface area contributed by atoms with Crippen LogP contribution in [0.5, 0.6) is 11.6 Å². The zero-order valence-electron chi connectivity index (χ0n) is 24.3. The topological polar surface area (TPSA) is 127 Å². The third-order valence-electron chi connectivity index (χ3n) is 8.08. The molecule has 1 fully saturated rings. The zero-order chi connectivity index (χ0) is 29.6. The van der Waals surface area contributed by atoms with E-state index in [1.54, 1.807) is 21.9 Å². The number of benzene rings is 1. The number of hydrogen-bond acceptors (Lipinski definition) is 8. The van der Waals surface area contributed by atoms with Gasteiger partial charge in [-0.15, -0.1) is 0 Å². The van der Waals surface area contributed by atoms with Crippen LogP contribution >= 0.6 is 0 Å². The van der Waals surface area contributed by atoms with Gasteiger partial charge in [-0.3, -0.25) is 14.4 Å². The van der Waals surface area contributed by atoms with E-state index in [0.717, 1.165) is 22.6 Å². The Balaban J connectivity index is 1.29. The Morgan fingerprint density at radius 2 is 1.93 bits per heavy atom. The van der Waals surface area contributed by atoms with Gasteiger partial charge >= 0.3 is 0 Å². The summed E-state index contributed by atoms with van der Waals surface area (Å²) in [5.41, 5.74) is 3.16. The van der Waals surface area contributed by atoms with Crippen molar-refractivity contribution in [3.8, 4) is 11.6 Å². The second kappa shape index (κ2) is 13.1. The van der Waals surface area contributed by atoms with E-state index >= 15 is 0 Å². The molecular weight excluding hydrogens is 538 g/mol. The van der Waals surface area contributed by atoms with Crippen molar-refractivity contribution < 1.29 is 28.4 Å². The summed E-state index contributed by atoms with van der Waals surface area (Å²) in [4.78, 5) is 47.7. The van der Waals surface area contributed by atoms with Gasteiger partial charge in [0.2, 0.25) is 17.7 Å². The predicted octanol–water partition coefficient (Wildman–Crippen LogP) is 2.91. The Morgan fingerprint density at radius 1 is 1.10 bits per heavy atom. The zero-order valence-corrected chi connectivity index (χ0v) is 24.3. The van der Waals surface area contributed by atoms with Gasteiger partial charge in [-0.05, 0) is 50.5 Å². The molecule has 2 aliphatic rings. The smallest absolute Gasteiger partial charge is 0.254 e. The number of hydrogen-bond donors (Lipinski definition) is 1. The van der Waals surface area contributed by atoms with Crippen molar-refractivity contribution in [2.24, 2.45) is 5.92 Å². The molecule has 1 saturated heterocycles. The second-order valence-corrected chi connectivity index (χ2v) is 10.8. The van der Waals surface area contributed by atoms with E-state index in [1.807, 2.05) is 38.1 Å². The third-order valence-corrected chi connectivity index (χ3v) is 8.08. The van der Waals surface area contributed by atoms with Crippen molar-refractivity contribution in [3.05, 3.63) is 70.7 Å². The van der Waals surface area contributed by atoms with Crippen molar-refractivity contribution in [1.29, 1.82) is 0 Å². The van der Waals surface area contributed by atoms with Crippen molar-refractivity contribution in [1.82, 2.24) is 25.3 Å². The van der Waals surface area contributed by atoms with Gasteiger partial charge in [-0.25, -0.2) is 4.98 Å². The molecule has 5 rings (SSSR count). The summed E-state index contributed by atoms with van der Waals surface area (Å²) in [6, 6.07) is 10.9. The van der Waals surface area contributed by atoms with Crippen molar-refractivity contribution in [3.63, 3.8) is 0 Å². The Morgan fingerprint density at radius 3 is 2.71 bits per heavy atom. The molecule has 2 bridgehead atoms. The van der Waals surface area contributed by atoms with Crippen LogP contribution in [0.3, 0.4) is 0 Å². The number of aryl methyl sites for hydroxylation is 2. The van der Waals surface area contributed by atoms with Gasteiger partial charge in [-0.2, -0.15) is 0 Å². The molecule has 3 aromatic rings.